The quantitative estimate of drug-likeness (QED) is 0.631. The molecule has 0 radical (unpaired) electrons. The Hall–Kier alpha value is -2.68. The number of amides is 2. The molecule has 0 unspecified atom stereocenters. The lowest BCUT2D eigenvalue weighted by Gasteiger charge is -2.37. The number of nitrogens with one attached hydrogen (secondary N) is 1. The maximum atomic E-state index is 12.1. The lowest BCUT2D eigenvalue weighted by atomic mass is 9.98. The Kier molecular flexibility index (Phi) is 4.61. The second kappa shape index (κ2) is 6.83. The molecule has 1 N–H and O–H groups in total. The fourth-order valence-corrected chi connectivity index (χ4v) is 3.12. The van der Waals surface area contributed by atoms with Crippen LogP contribution in [0.25, 0.3) is 0 Å². The van der Waals surface area contributed by atoms with E-state index in [1.165, 1.54) is 15.8 Å². The van der Waals surface area contributed by atoms with Crippen molar-refractivity contribution >= 4 is 29.0 Å². The summed E-state index contributed by atoms with van der Waals surface area (Å²) in [5, 5.41) is 15.4. The van der Waals surface area contributed by atoms with Crippen LogP contribution in [-0.4, -0.2) is 41.3 Å². The SMILES string of the molecule is O=C(NCCc1cccs1)C1CN(C(=O)c2ccc([N+](=O)[O-])o2)C1. The summed E-state index contributed by atoms with van der Waals surface area (Å²) >= 11 is 1.65. The van der Waals surface area contributed by atoms with Gasteiger partial charge in [-0.15, -0.1) is 11.3 Å². The van der Waals surface area contributed by atoms with Crippen molar-refractivity contribution in [1.82, 2.24) is 10.2 Å². The summed E-state index contributed by atoms with van der Waals surface area (Å²) in [5.41, 5.74) is 0. The molecule has 0 aromatic carbocycles. The van der Waals surface area contributed by atoms with Gasteiger partial charge < -0.3 is 14.6 Å². The molecule has 8 nitrogen and oxygen atoms in total. The zero-order valence-corrected chi connectivity index (χ0v) is 13.5. The summed E-state index contributed by atoms with van der Waals surface area (Å²) in [4.78, 5) is 36.6. The zero-order valence-electron chi connectivity index (χ0n) is 12.6. The molecule has 0 saturated carbocycles. The zero-order chi connectivity index (χ0) is 17.1. The molecule has 2 amide bonds. The maximum Gasteiger partial charge on any atom is 0.433 e. The third kappa shape index (κ3) is 3.46. The van der Waals surface area contributed by atoms with Crippen molar-refractivity contribution in [1.29, 1.82) is 0 Å². The van der Waals surface area contributed by atoms with Gasteiger partial charge in [0.15, 0.2) is 5.76 Å². The number of carbonyl (C=O) groups excluding carboxylic acids is 2. The minimum Gasteiger partial charge on any atom is -0.395 e. The second-order valence-corrected chi connectivity index (χ2v) is 6.45. The highest BCUT2D eigenvalue weighted by Gasteiger charge is 2.37. The first-order valence-corrected chi connectivity index (χ1v) is 8.26. The molecule has 0 atom stereocenters. The van der Waals surface area contributed by atoms with Gasteiger partial charge in [0.05, 0.1) is 12.0 Å². The van der Waals surface area contributed by atoms with Gasteiger partial charge in [-0.2, -0.15) is 0 Å². The van der Waals surface area contributed by atoms with E-state index in [9.17, 15) is 19.7 Å². The van der Waals surface area contributed by atoms with E-state index in [0.717, 1.165) is 12.5 Å². The fourth-order valence-electron chi connectivity index (χ4n) is 2.41. The average molecular weight is 349 g/mol. The minimum absolute atomic E-state index is 0.0824. The normalized spacial score (nSPS) is 14.2. The first kappa shape index (κ1) is 16.2. The predicted molar refractivity (Wildman–Crippen MR) is 85.8 cm³/mol. The van der Waals surface area contributed by atoms with Gasteiger partial charge in [0.1, 0.15) is 4.92 Å². The number of hydrogen-bond donors (Lipinski definition) is 1. The van der Waals surface area contributed by atoms with E-state index in [-0.39, 0.29) is 30.7 Å². The third-order valence-corrected chi connectivity index (χ3v) is 4.71. The fraction of sp³-hybridized carbons (Fsp3) is 0.333. The van der Waals surface area contributed by atoms with E-state index < -0.39 is 16.7 Å². The van der Waals surface area contributed by atoms with Crippen molar-refractivity contribution < 1.29 is 18.9 Å². The first-order valence-electron chi connectivity index (χ1n) is 7.38. The van der Waals surface area contributed by atoms with Crippen molar-refractivity contribution in [3.8, 4) is 0 Å². The standard InChI is InChI=1S/C15H15N3O5S/c19-14(16-6-5-11-2-1-7-24-11)10-8-17(9-10)15(20)12-3-4-13(23-12)18(21)22/h1-4,7,10H,5-6,8-9H2,(H,16,19). The van der Waals surface area contributed by atoms with Crippen molar-refractivity contribution in [2.75, 3.05) is 19.6 Å². The Balaban J connectivity index is 1.43. The molecule has 3 rings (SSSR count). The summed E-state index contributed by atoms with van der Waals surface area (Å²) in [5.74, 6) is -1.33. The number of carbonyl (C=O) groups is 2. The molecule has 9 heteroatoms. The molecule has 0 bridgehead atoms. The summed E-state index contributed by atoms with van der Waals surface area (Å²) in [7, 11) is 0. The molecule has 1 saturated heterocycles. The van der Waals surface area contributed by atoms with Gasteiger partial charge in [-0.3, -0.25) is 19.7 Å². The summed E-state index contributed by atoms with van der Waals surface area (Å²) in [6, 6.07) is 6.40. The van der Waals surface area contributed by atoms with Crippen LogP contribution in [0.1, 0.15) is 15.4 Å². The number of rotatable bonds is 6. The van der Waals surface area contributed by atoms with E-state index in [1.54, 1.807) is 11.3 Å². The van der Waals surface area contributed by atoms with Crippen LogP contribution in [0.5, 0.6) is 0 Å². The van der Waals surface area contributed by atoms with Crippen LogP contribution in [0.2, 0.25) is 0 Å². The number of likely N-dealkylation sites (tertiary alicyclic amines) is 1. The lowest BCUT2D eigenvalue weighted by Crippen LogP contribution is -2.55. The van der Waals surface area contributed by atoms with Crippen molar-refractivity contribution in [3.05, 3.63) is 50.4 Å². The molecule has 3 heterocycles. The molecule has 0 aliphatic carbocycles. The molecule has 126 valence electrons. The molecule has 2 aromatic heterocycles. The number of thiophene rings is 1. The van der Waals surface area contributed by atoms with Gasteiger partial charge in [0.25, 0.3) is 5.91 Å². The van der Waals surface area contributed by atoms with E-state index in [1.807, 2.05) is 17.5 Å². The van der Waals surface area contributed by atoms with Crippen LogP contribution in [0.15, 0.2) is 34.1 Å². The van der Waals surface area contributed by atoms with Crippen LogP contribution in [0, 0.1) is 16.0 Å². The molecule has 1 fully saturated rings. The van der Waals surface area contributed by atoms with Gasteiger partial charge in [-0.1, -0.05) is 6.07 Å². The molecule has 0 spiro atoms. The Morgan fingerprint density at radius 2 is 2.17 bits per heavy atom. The number of nitro groups is 1. The molecular weight excluding hydrogens is 334 g/mol. The highest BCUT2D eigenvalue weighted by atomic mass is 32.1. The molecule has 1 aliphatic rings. The molecular formula is C15H15N3O5S. The van der Waals surface area contributed by atoms with Crippen LogP contribution in [0.4, 0.5) is 5.88 Å². The average Bonchev–Trinajstić information content (AvgIpc) is 3.17. The maximum absolute atomic E-state index is 12.1. The third-order valence-electron chi connectivity index (χ3n) is 3.77. The van der Waals surface area contributed by atoms with Crippen LogP contribution >= 0.6 is 11.3 Å². The topological polar surface area (TPSA) is 106 Å². The molecule has 2 aromatic rings. The van der Waals surface area contributed by atoms with Gasteiger partial charge in [-0.25, -0.2) is 0 Å². The minimum atomic E-state index is -0.698. The predicted octanol–water partition coefficient (Wildman–Crippen LogP) is 1.68. The summed E-state index contributed by atoms with van der Waals surface area (Å²) < 4.78 is 4.88. The van der Waals surface area contributed by atoms with Crippen LogP contribution in [0.3, 0.4) is 0 Å². The largest absolute Gasteiger partial charge is 0.433 e. The first-order chi connectivity index (χ1) is 11.5. The Morgan fingerprint density at radius 1 is 1.38 bits per heavy atom. The Morgan fingerprint density at radius 3 is 2.79 bits per heavy atom. The summed E-state index contributed by atoms with van der Waals surface area (Å²) in [6.07, 6.45) is 0.787. The van der Waals surface area contributed by atoms with Gasteiger partial charge >= 0.3 is 5.88 Å². The van der Waals surface area contributed by atoms with Crippen LogP contribution < -0.4 is 5.32 Å². The van der Waals surface area contributed by atoms with E-state index in [0.29, 0.717) is 6.54 Å². The lowest BCUT2D eigenvalue weighted by molar-refractivity contribution is -0.402. The monoisotopic (exact) mass is 349 g/mol. The Labute approximate surface area is 141 Å². The van der Waals surface area contributed by atoms with Crippen molar-refractivity contribution in [2.45, 2.75) is 6.42 Å². The van der Waals surface area contributed by atoms with Gasteiger partial charge in [0.2, 0.25) is 5.91 Å². The highest BCUT2D eigenvalue weighted by molar-refractivity contribution is 7.09. The highest BCUT2D eigenvalue weighted by Crippen LogP contribution is 2.22. The smallest absolute Gasteiger partial charge is 0.395 e. The number of hydrogen-bond acceptors (Lipinski definition) is 6. The number of furan rings is 1. The second-order valence-electron chi connectivity index (χ2n) is 5.42. The van der Waals surface area contributed by atoms with Crippen LogP contribution in [-0.2, 0) is 11.2 Å². The Bertz CT molecular complexity index is 749. The van der Waals surface area contributed by atoms with Gasteiger partial charge in [0, 0.05) is 24.5 Å². The number of nitrogens with zero attached hydrogens (tertiary/aromatic N) is 2. The molecule has 1 aliphatic heterocycles. The summed E-state index contributed by atoms with van der Waals surface area (Å²) in [6.45, 7) is 1.14. The van der Waals surface area contributed by atoms with Crippen molar-refractivity contribution in [3.63, 3.8) is 0 Å². The van der Waals surface area contributed by atoms with E-state index in [4.69, 9.17) is 4.42 Å². The van der Waals surface area contributed by atoms with E-state index in [2.05, 4.69) is 5.32 Å². The van der Waals surface area contributed by atoms with Gasteiger partial charge in [-0.05, 0) is 23.9 Å². The van der Waals surface area contributed by atoms with Crippen molar-refractivity contribution in [2.24, 2.45) is 5.92 Å². The van der Waals surface area contributed by atoms with E-state index >= 15 is 0 Å². The molecule has 24 heavy (non-hydrogen) atoms.